The second kappa shape index (κ2) is 8.17. The molecule has 0 spiro atoms. The third kappa shape index (κ3) is 3.97. The van der Waals surface area contributed by atoms with E-state index in [1.807, 2.05) is 24.1 Å². The zero-order valence-electron chi connectivity index (χ0n) is 14.0. The number of piperidine rings is 1. The molecule has 2 aliphatic heterocycles. The second-order valence-corrected chi connectivity index (χ2v) is 6.56. The summed E-state index contributed by atoms with van der Waals surface area (Å²) >= 11 is 0. The Hall–Kier alpha value is -1.63. The summed E-state index contributed by atoms with van der Waals surface area (Å²) in [4.78, 5) is 18.7. The van der Waals surface area contributed by atoms with Crippen LogP contribution in [0.5, 0.6) is 0 Å². The fourth-order valence-corrected chi connectivity index (χ4v) is 3.78. The smallest absolute Gasteiger partial charge is 0.257 e. The van der Waals surface area contributed by atoms with Crippen molar-refractivity contribution < 1.29 is 4.79 Å². The van der Waals surface area contributed by atoms with E-state index in [1.165, 1.54) is 12.8 Å². The Morgan fingerprint density at radius 2 is 1.96 bits per heavy atom. The van der Waals surface area contributed by atoms with Crippen molar-refractivity contribution in [2.24, 2.45) is 0 Å². The molecule has 1 amide bonds. The molecule has 25 heavy (non-hydrogen) atoms. The van der Waals surface area contributed by atoms with Gasteiger partial charge in [0.05, 0.1) is 23.6 Å². The molecule has 4 heterocycles. The number of pyridine rings is 1. The molecule has 0 aromatic carbocycles. The molecule has 6 nitrogen and oxygen atoms in total. The lowest BCUT2D eigenvalue weighted by molar-refractivity contribution is 0.0681. The maximum absolute atomic E-state index is 12.8. The molecular weight excluding hydrogens is 361 g/mol. The highest BCUT2D eigenvalue weighted by atomic mass is 35.5. The number of fused-ring (bicyclic) bond motifs is 2. The van der Waals surface area contributed by atoms with Crippen LogP contribution >= 0.6 is 24.8 Å². The van der Waals surface area contributed by atoms with Crippen molar-refractivity contribution in [2.45, 2.75) is 43.8 Å². The molecule has 2 bridgehead atoms. The lowest BCUT2D eigenvalue weighted by Crippen LogP contribution is -2.48. The number of halogens is 2. The average Bonchev–Trinajstić information content (AvgIpc) is 3.21. The molecule has 0 aliphatic carbocycles. The van der Waals surface area contributed by atoms with Gasteiger partial charge in [-0.3, -0.25) is 9.78 Å². The standard InChI is InChI=1S/C17H21N5O.2ClH/c1-21(16-7-13-4-5-14(8-16)20-13)17(23)12-9-19-22(11-12)15-3-2-6-18-10-15;;/h2-3,6,9-11,13-14,16,20H,4-5,7-8H2,1H3;2*1H. The van der Waals surface area contributed by atoms with Gasteiger partial charge < -0.3 is 10.2 Å². The number of aromatic nitrogens is 3. The van der Waals surface area contributed by atoms with Gasteiger partial charge in [-0.2, -0.15) is 5.10 Å². The van der Waals surface area contributed by atoms with Gasteiger partial charge in [-0.1, -0.05) is 0 Å². The van der Waals surface area contributed by atoms with Gasteiger partial charge >= 0.3 is 0 Å². The van der Waals surface area contributed by atoms with Crippen LogP contribution in [0.25, 0.3) is 5.69 Å². The van der Waals surface area contributed by atoms with Crippen molar-refractivity contribution in [1.29, 1.82) is 0 Å². The highest BCUT2D eigenvalue weighted by Gasteiger charge is 2.36. The van der Waals surface area contributed by atoms with Crippen LogP contribution in [-0.4, -0.2) is 50.7 Å². The van der Waals surface area contributed by atoms with Gasteiger partial charge in [0, 0.05) is 37.6 Å². The van der Waals surface area contributed by atoms with E-state index in [-0.39, 0.29) is 30.7 Å². The first-order chi connectivity index (χ1) is 11.2. The molecule has 2 unspecified atom stereocenters. The van der Waals surface area contributed by atoms with Crippen LogP contribution in [0.1, 0.15) is 36.0 Å². The molecule has 2 atom stereocenters. The molecule has 8 heteroatoms. The molecule has 2 aromatic heterocycles. The number of carbonyl (C=O) groups excluding carboxylic acids is 1. The van der Waals surface area contributed by atoms with Crippen LogP contribution < -0.4 is 5.32 Å². The first kappa shape index (κ1) is 19.7. The van der Waals surface area contributed by atoms with Crippen molar-refractivity contribution in [3.05, 3.63) is 42.5 Å². The molecule has 136 valence electrons. The first-order valence-electron chi connectivity index (χ1n) is 8.19. The van der Waals surface area contributed by atoms with E-state index in [0.717, 1.165) is 18.5 Å². The van der Waals surface area contributed by atoms with Gasteiger partial charge in [0.2, 0.25) is 0 Å². The maximum atomic E-state index is 12.8. The molecule has 4 rings (SSSR count). The quantitative estimate of drug-likeness (QED) is 0.883. The van der Waals surface area contributed by atoms with Gasteiger partial charge in [0.25, 0.3) is 5.91 Å². The zero-order chi connectivity index (χ0) is 15.8. The Morgan fingerprint density at radius 3 is 2.60 bits per heavy atom. The Balaban J connectivity index is 0.00000113. The Bertz CT molecular complexity index is 696. The zero-order valence-corrected chi connectivity index (χ0v) is 15.7. The maximum Gasteiger partial charge on any atom is 0.257 e. The van der Waals surface area contributed by atoms with Crippen molar-refractivity contribution in [2.75, 3.05) is 7.05 Å². The number of amides is 1. The number of carbonyl (C=O) groups is 1. The van der Waals surface area contributed by atoms with Crippen molar-refractivity contribution in [1.82, 2.24) is 25.0 Å². The molecule has 2 saturated heterocycles. The van der Waals surface area contributed by atoms with E-state index >= 15 is 0 Å². The lowest BCUT2D eigenvalue weighted by Gasteiger charge is -2.35. The number of rotatable bonds is 3. The predicted molar refractivity (Wildman–Crippen MR) is 101 cm³/mol. The summed E-state index contributed by atoms with van der Waals surface area (Å²) in [5.41, 5.74) is 1.48. The van der Waals surface area contributed by atoms with E-state index in [4.69, 9.17) is 0 Å². The number of hydrogen-bond donors (Lipinski definition) is 1. The average molecular weight is 384 g/mol. The molecule has 1 N–H and O–H groups in total. The molecule has 0 saturated carbocycles. The first-order valence-corrected chi connectivity index (χ1v) is 8.19. The van der Waals surface area contributed by atoms with Crippen LogP contribution in [0.2, 0.25) is 0 Å². The highest BCUT2D eigenvalue weighted by molar-refractivity contribution is 5.93. The third-order valence-electron chi connectivity index (χ3n) is 5.06. The van der Waals surface area contributed by atoms with E-state index in [9.17, 15) is 4.79 Å². The van der Waals surface area contributed by atoms with Crippen LogP contribution in [-0.2, 0) is 0 Å². The number of nitrogens with zero attached hydrogens (tertiary/aromatic N) is 4. The van der Waals surface area contributed by atoms with Crippen molar-refractivity contribution in [3.8, 4) is 5.69 Å². The monoisotopic (exact) mass is 383 g/mol. The minimum absolute atomic E-state index is 0. The molecule has 0 radical (unpaired) electrons. The Morgan fingerprint density at radius 1 is 1.24 bits per heavy atom. The Labute approximate surface area is 159 Å². The van der Waals surface area contributed by atoms with Crippen LogP contribution in [0, 0.1) is 0 Å². The normalized spacial score (nSPS) is 24.1. The summed E-state index contributed by atoms with van der Waals surface area (Å²) in [6.07, 6.45) is 11.5. The van der Waals surface area contributed by atoms with Crippen LogP contribution in [0.15, 0.2) is 36.9 Å². The van der Waals surface area contributed by atoms with E-state index in [2.05, 4.69) is 15.4 Å². The summed E-state index contributed by atoms with van der Waals surface area (Å²) in [5.74, 6) is 0.0476. The fraction of sp³-hybridized carbons (Fsp3) is 0.471. The third-order valence-corrected chi connectivity index (χ3v) is 5.06. The summed E-state index contributed by atoms with van der Waals surface area (Å²) < 4.78 is 1.69. The topological polar surface area (TPSA) is 63.1 Å². The van der Waals surface area contributed by atoms with E-state index < -0.39 is 0 Å². The van der Waals surface area contributed by atoms with Crippen molar-refractivity contribution >= 4 is 30.7 Å². The molecular formula is C17H23Cl2N5O. The van der Waals surface area contributed by atoms with E-state index in [1.54, 1.807) is 29.5 Å². The minimum atomic E-state index is 0. The van der Waals surface area contributed by atoms with Gasteiger partial charge in [0.15, 0.2) is 0 Å². The second-order valence-electron chi connectivity index (χ2n) is 6.56. The van der Waals surface area contributed by atoms with Gasteiger partial charge in [-0.15, -0.1) is 24.8 Å². The molecule has 2 aromatic rings. The fourth-order valence-electron chi connectivity index (χ4n) is 3.78. The Kier molecular flexibility index (Phi) is 6.43. The lowest BCUT2D eigenvalue weighted by atomic mass is 9.98. The molecule has 2 aliphatic rings. The van der Waals surface area contributed by atoms with Gasteiger partial charge in [-0.25, -0.2) is 4.68 Å². The largest absolute Gasteiger partial charge is 0.339 e. The van der Waals surface area contributed by atoms with Gasteiger partial charge in [-0.05, 0) is 37.8 Å². The number of nitrogens with one attached hydrogen (secondary N) is 1. The van der Waals surface area contributed by atoms with Crippen LogP contribution in [0.3, 0.4) is 0 Å². The van der Waals surface area contributed by atoms with Crippen molar-refractivity contribution in [3.63, 3.8) is 0 Å². The van der Waals surface area contributed by atoms with Gasteiger partial charge in [0.1, 0.15) is 0 Å². The number of hydrogen-bond acceptors (Lipinski definition) is 4. The molecule has 2 fully saturated rings. The van der Waals surface area contributed by atoms with E-state index in [0.29, 0.717) is 23.7 Å². The summed E-state index contributed by atoms with van der Waals surface area (Å²) in [6, 6.07) is 5.25. The SMILES string of the molecule is CN(C(=O)c1cnn(-c2cccnc2)c1)C1CC2CCC(C1)N2.Cl.Cl. The summed E-state index contributed by atoms with van der Waals surface area (Å²) in [7, 11) is 1.92. The highest BCUT2D eigenvalue weighted by Crippen LogP contribution is 2.29. The van der Waals surface area contributed by atoms with Crippen LogP contribution in [0.4, 0.5) is 0 Å². The summed E-state index contributed by atoms with van der Waals surface area (Å²) in [6.45, 7) is 0. The minimum Gasteiger partial charge on any atom is -0.339 e. The summed E-state index contributed by atoms with van der Waals surface area (Å²) in [5, 5.41) is 7.91. The predicted octanol–water partition coefficient (Wildman–Crippen LogP) is 2.47.